The highest BCUT2D eigenvalue weighted by Gasteiger charge is 2.09. The first-order valence-corrected chi connectivity index (χ1v) is 5.04. The molecule has 0 unspecified atom stereocenters. The summed E-state index contributed by atoms with van der Waals surface area (Å²) < 4.78 is 0. The lowest BCUT2D eigenvalue weighted by Gasteiger charge is -2.03. The maximum absolute atomic E-state index is 11.6. The minimum Gasteiger partial charge on any atom is -0.320 e. The molecule has 0 saturated heterocycles. The minimum atomic E-state index is -0.382. The third-order valence-electron chi connectivity index (χ3n) is 1.77. The molecule has 1 aromatic heterocycles. The van der Waals surface area contributed by atoms with E-state index in [0.717, 1.165) is 0 Å². The summed E-state index contributed by atoms with van der Waals surface area (Å²) in [7, 11) is 0. The first-order chi connectivity index (χ1) is 7.65. The number of hydrogen-bond donors (Lipinski definition) is 2. The summed E-state index contributed by atoms with van der Waals surface area (Å²) in [6.45, 7) is 0. The predicted octanol–water partition coefficient (Wildman–Crippen LogP) is 2.36. The van der Waals surface area contributed by atoms with Crippen molar-refractivity contribution in [1.82, 2.24) is 15.4 Å². The summed E-state index contributed by atoms with van der Waals surface area (Å²) in [5, 5.41) is 13.0. The van der Waals surface area contributed by atoms with E-state index in [1.165, 1.54) is 6.20 Å². The van der Waals surface area contributed by atoms with Crippen LogP contribution in [-0.2, 0) is 0 Å². The zero-order chi connectivity index (χ0) is 11.5. The zero-order valence-corrected chi connectivity index (χ0v) is 9.38. The lowest BCUT2D eigenvalue weighted by atomic mass is 10.3. The van der Waals surface area contributed by atoms with Crippen molar-refractivity contribution in [2.45, 2.75) is 0 Å². The summed E-state index contributed by atoms with van der Waals surface area (Å²) in [6, 6.07) is 4.76. The van der Waals surface area contributed by atoms with E-state index in [9.17, 15) is 4.79 Å². The van der Waals surface area contributed by atoms with Crippen molar-refractivity contribution in [3.8, 4) is 0 Å². The van der Waals surface area contributed by atoms with Gasteiger partial charge >= 0.3 is 0 Å². The van der Waals surface area contributed by atoms with E-state index >= 15 is 0 Å². The number of nitrogens with zero attached hydrogens (tertiary/aromatic N) is 2. The quantitative estimate of drug-likeness (QED) is 0.867. The van der Waals surface area contributed by atoms with Crippen molar-refractivity contribution < 1.29 is 4.79 Å². The molecule has 0 aliphatic carbocycles. The Balaban J connectivity index is 2.18. The van der Waals surface area contributed by atoms with E-state index in [0.29, 0.717) is 15.7 Å². The molecule has 5 nitrogen and oxygen atoms in total. The third-order valence-corrected chi connectivity index (χ3v) is 2.20. The molecule has 0 aliphatic heterocycles. The number of aromatic amines is 1. The third kappa shape index (κ3) is 2.50. The van der Waals surface area contributed by atoms with Gasteiger partial charge in [-0.2, -0.15) is 15.4 Å². The van der Waals surface area contributed by atoms with E-state index in [1.807, 2.05) is 0 Å². The maximum atomic E-state index is 11.6. The van der Waals surface area contributed by atoms with Gasteiger partial charge in [0.2, 0.25) is 0 Å². The van der Waals surface area contributed by atoms with Crippen LogP contribution in [0, 0.1) is 0 Å². The Morgan fingerprint density at radius 2 is 1.94 bits per heavy atom. The first kappa shape index (κ1) is 10.9. The van der Waals surface area contributed by atoms with E-state index in [-0.39, 0.29) is 11.6 Å². The molecular formula is C9H6Cl2N4O. The number of benzene rings is 1. The molecule has 0 fully saturated rings. The topological polar surface area (TPSA) is 70.7 Å². The molecule has 0 bridgehead atoms. The van der Waals surface area contributed by atoms with Gasteiger partial charge in [-0.05, 0) is 18.2 Å². The standard InChI is InChI=1S/C9H6Cl2N4O/c10-5-1-6(11)3-7(2-5)13-9(16)8-4-12-15-14-8/h1-4H,(H,13,16)(H,12,14,15). The van der Waals surface area contributed by atoms with Gasteiger partial charge in [0, 0.05) is 15.7 Å². The number of carbonyl (C=O) groups is 1. The Bertz CT molecular complexity index is 492. The lowest BCUT2D eigenvalue weighted by Crippen LogP contribution is -2.12. The highest BCUT2D eigenvalue weighted by Crippen LogP contribution is 2.22. The molecule has 1 heterocycles. The first-order valence-electron chi connectivity index (χ1n) is 4.28. The monoisotopic (exact) mass is 256 g/mol. The molecule has 0 radical (unpaired) electrons. The van der Waals surface area contributed by atoms with Gasteiger partial charge in [0.15, 0.2) is 5.69 Å². The molecule has 0 spiro atoms. The second-order valence-corrected chi connectivity index (χ2v) is 3.84. The summed E-state index contributed by atoms with van der Waals surface area (Å²) in [5.41, 5.74) is 0.696. The SMILES string of the molecule is O=C(Nc1cc(Cl)cc(Cl)c1)c1cn[nH]n1. The number of H-pyrrole nitrogens is 1. The Hall–Kier alpha value is -1.59. The minimum absolute atomic E-state index is 0.191. The van der Waals surface area contributed by atoms with E-state index in [2.05, 4.69) is 20.7 Å². The van der Waals surface area contributed by atoms with Gasteiger partial charge in [-0.1, -0.05) is 23.2 Å². The Morgan fingerprint density at radius 3 is 2.50 bits per heavy atom. The van der Waals surface area contributed by atoms with Gasteiger partial charge in [0.25, 0.3) is 5.91 Å². The number of halogens is 2. The van der Waals surface area contributed by atoms with Crippen LogP contribution >= 0.6 is 23.2 Å². The van der Waals surface area contributed by atoms with Crippen LogP contribution in [0.3, 0.4) is 0 Å². The van der Waals surface area contributed by atoms with Gasteiger partial charge in [-0.3, -0.25) is 4.79 Å². The molecule has 0 aliphatic rings. The van der Waals surface area contributed by atoms with Crippen LogP contribution in [0.1, 0.15) is 10.5 Å². The van der Waals surface area contributed by atoms with Crippen molar-refractivity contribution in [2.24, 2.45) is 0 Å². The number of nitrogens with one attached hydrogen (secondary N) is 2. The summed E-state index contributed by atoms with van der Waals surface area (Å²) in [5.74, 6) is -0.382. The fourth-order valence-electron chi connectivity index (χ4n) is 1.13. The van der Waals surface area contributed by atoms with Crippen LogP contribution in [0.2, 0.25) is 10.0 Å². The summed E-state index contributed by atoms with van der Waals surface area (Å²) in [6.07, 6.45) is 1.32. The molecule has 0 saturated carbocycles. The highest BCUT2D eigenvalue weighted by molar-refractivity contribution is 6.35. The van der Waals surface area contributed by atoms with Crippen LogP contribution in [0.15, 0.2) is 24.4 Å². The molecule has 2 N–H and O–H groups in total. The number of amides is 1. The predicted molar refractivity (Wildman–Crippen MR) is 60.8 cm³/mol. The smallest absolute Gasteiger partial charge is 0.277 e. The Kier molecular flexibility index (Phi) is 3.07. The highest BCUT2D eigenvalue weighted by atomic mass is 35.5. The molecule has 1 amide bonds. The number of carbonyl (C=O) groups excluding carboxylic acids is 1. The fraction of sp³-hybridized carbons (Fsp3) is 0. The molecule has 2 rings (SSSR count). The molecule has 0 atom stereocenters. The van der Waals surface area contributed by atoms with Gasteiger partial charge < -0.3 is 5.32 Å². The number of anilines is 1. The molecule has 2 aromatic rings. The number of aromatic nitrogens is 3. The largest absolute Gasteiger partial charge is 0.320 e. The average Bonchev–Trinajstić information content (AvgIpc) is 2.68. The summed E-state index contributed by atoms with van der Waals surface area (Å²) >= 11 is 11.6. The van der Waals surface area contributed by atoms with E-state index in [4.69, 9.17) is 23.2 Å². The van der Waals surface area contributed by atoms with Gasteiger partial charge in [-0.15, -0.1) is 0 Å². The maximum Gasteiger partial charge on any atom is 0.277 e. The molecule has 1 aromatic carbocycles. The van der Waals surface area contributed by atoms with Crippen LogP contribution in [0.5, 0.6) is 0 Å². The van der Waals surface area contributed by atoms with E-state index < -0.39 is 0 Å². The van der Waals surface area contributed by atoms with Gasteiger partial charge in [0.05, 0.1) is 6.20 Å². The Morgan fingerprint density at radius 1 is 1.25 bits per heavy atom. The second kappa shape index (κ2) is 4.51. The normalized spacial score (nSPS) is 10.1. The Labute approximate surface area is 101 Å². The van der Waals surface area contributed by atoms with Crippen LogP contribution in [0.4, 0.5) is 5.69 Å². The fourth-order valence-corrected chi connectivity index (χ4v) is 1.66. The van der Waals surface area contributed by atoms with Gasteiger partial charge in [0.1, 0.15) is 0 Å². The zero-order valence-electron chi connectivity index (χ0n) is 7.87. The van der Waals surface area contributed by atoms with Gasteiger partial charge in [-0.25, -0.2) is 0 Å². The van der Waals surface area contributed by atoms with Crippen molar-refractivity contribution in [1.29, 1.82) is 0 Å². The van der Waals surface area contributed by atoms with Crippen molar-refractivity contribution in [2.75, 3.05) is 5.32 Å². The van der Waals surface area contributed by atoms with Crippen LogP contribution < -0.4 is 5.32 Å². The van der Waals surface area contributed by atoms with Crippen LogP contribution in [0.25, 0.3) is 0 Å². The molecular weight excluding hydrogens is 251 g/mol. The van der Waals surface area contributed by atoms with Crippen molar-refractivity contribution >= 4 is 34.8 Å². The summed E-state index contributed by atoms with van der Waals surface area (Å²) in [4.78, 5) is 11.6. The van der Waals surface area contributed by atoms with E-state index in [1.54, 1.807) is 18.2 Å². The van der Waals surface area contributed by atoms with Crippen molar-refractivity contribution in [3.05, 3.63) is 40.1 Å². The lowest BCUT2D eigenvalue weighted by molar-refractivity contribution is 0.102. The average molecular weight is 257 g/mol. The number of hydrogen-bond acceptors (Lipinski definition) is 3. The number of rotatable bonds is 2. The van der Waals surface area contributed by atoms with Crippen LogP contribution in [-0.4, -0.2) is 21.3 Å². The van der Waals surface area contributed by atoms with Crippen molar-refractivity contribution in [3.63, 3.8) is 0 Å². The second-order valence-electron chi connectivity index (χ2n) is 2.97. The molecule has 16 heavy (non-hydrogen) atoms. The molecule has 82 valence electrons. The molecule has 7 heteroatoms.